The standard InChI is InChI=1S/C25H20Br2ClNO2/c1-2-11-29-23-6-4-3-5-19(23)20(25(29)30)12-17-13-21(26)24(22(27)14-17)31-15-16-7-9-18(28)10-8-16/h3-10,12-14H,2,11,15H2,1H3/b20-12-. The summed E-state index contributed by atoms with van der Waals surface area (Å²) in [5, 5.41) is 0.698. The van der Waals surface area contributed by atoms with Gasteiger partial charge in [-0.1, -0.05) is 48.9 Å². The predicted octanol–water partition coefficient (Wildman–Crippen LogP) is 7.74. The molecule has 4 rings (SSSR count). The Labute approximate surface area is 203 Å². The Morgan fingerprint density at radius 2 is 1.71 bits per heavy atom. The number of fused-ring (bicyclic) bond motifs is 1. The maximum absolute atomic E-state index is 13.1. The van der Waals surface area contributed by atoms with Gasteiger partial charge < -0.3 is 9.64 Å². The molecule has 0 radical (unpaired) electrons. The minimum absolute atomic E-state index is 0.0401. The van der Waals surface area contributed by atoms with Gasteiger partial charge in [-0.2, -0.15) is 0 Å². The second-order valence-electron chi connectivity index (χ2n) is 7.26. The van der Waals surface area contributed by atoms with Gasteiger partial charge in [-0.05, 0) is 85.8 Å². The Morgan fingerprint density at radius 1 is 1.03 bits per heavy atom. The molecular weight excluding hydrogens is 542 g/mol. The van der Waals surface area contributed by atoms with Crippen LogP contribution in [0, 0.1) is 0 Å². The molecule has 0 aromatic heterocycles. The van der Waals surface area contributed by atoms with E-state index < -0.39 is 0 Å². The molecule has 0 N–H and O–H groups in total. The summed E-state index contributed by atoms with van der Waals surface area (Å²) in [5.41, 5.74) is 4.59. The van der Waals surface area contributed by atoms with E-state index in [9.17, 15) is 4.79 Å². The van der Waals surface area contributed by atoms with Crippen LogP contribution < -0.4 is 9.64 Å². The number of rotatable bonds is 6. The van der Waals surface area contributed by atoms with Gasteiger partial charge in [0.2, 0.25) is 0 Å². The van der Waals surface area contributed by atoms with E-state index in [2.05, 4.69) is 38.8 Å². The molecular formula is C25H20Br2ClNO2. The molecule has 0 bridgehead atoms. The molecule has 3 aromatic carbocycles. The van der Waals surface area contributed by atoms with Crippen molar-refractivity contribution >= 4 is 66.7 Å². The van der Waals surface area contributed by atoms with Crippen molar-refractivity contribution in [2.24, 2.45) is 0 Å². The number of hydrogen-bond acceptors (Lipinski definition) is 2. The third-order valence-electron chi connectivity index (χ3n) is 5.04. The van der Waals surface area contributed by atoms with Crippen LogP contribution in [0.4, 0.5) is 5.69 Å². The highest BCUT2D eigenvalue weighted by Gasteiger charge is 2.31. The van der Waals surface area contributed by atoms with Gasteiger partial charge in [-0.25, -0.2) is 0 Å². The zero-order valence-corrected chi connectivity index (χ0v) is 20.8. The fourth-order valence-electron chi connectivity index (χ4n) is 3.60. The summed E-state index contributed by atoms with van der Waals surface area (Å²) in [6.07, 6.45) is 2.85. The van der Waals surface area contributed by atoms with Crippen LogP contribution in [0.3, 0.4) is 0 Å². The molecule has 0 saturated heterocycles. The van der Waals surface area contributed by atoms with Crippen LogP contribution in [0.25, 0.3) is 11.6 Å². The number of hydrogen-bond donors (Lipinski definition) is 0. The number of amides is 1. The molecule has 31 heavy (non-hydrogen) atoms. The first kappa shape index (κ1) is 22.1. The highest BCUT2D eigenvalue weighted by atomic mass is 79.9. The number of para-hydroxylation sites is 1. The molecule has 0 fully saturated rings. The molecule has 1 heterocycles. The largest absolute Gasteiger partial charge is 0.487 e. The van der Waals surface area contributed by atoms with E-state index in [-0.39, 0.29) is 5.91 Å². The van der Waals surface area contributed by atoms with E-state index in [0.29, 0.717) is 29.5 Å². The lowest BCUT2D eigenvalue weighted by Gasteiger charge is -2.15. The number of carbonyl (C=O) groups is 1. The van der Waals surface area contributed by atoms with Crippen molar-refractivity contribution in [2.75, 3.05) is 11.4 Å². The van der Waals surface area contributed by atoms with Crippen LogP contribution in [-0.4, -0.2) is 12.5 Å². The molecule has 6 heteroatoms. The molecule has 0 saturated carbocycles. The monoisotopic (exact) mass is 559 g/mol. The van der Waals surface area contributed by atoms with Gasteiger partial charge in [0.1, 0.15) is 12.4 Å². The molecule has 0 spiro atoms. The second kappa shape index (κ2) is 9.60. The van der Waals surface area contributed by atoms with Gasteiger partial charge in [-0.15, -0.1) is 0 Å². The van der Waals surface area contributed by atoms with Crippen LogP contribution >= 0.6 is 43.5 Å². The van der Waals surface area contributed by atoms with Gasteiger partial charge >= 0.3 is 0 Å². The second-order valence-corrected chi connectivity index (χ2v) is 9.41. The summed E-state index contributed by atoms with van der Waals surface area (Å²) in [5.74, 6) is 0.751. The summed E-state index contributed by atoms with van der Waals surface area (Å²) >= 11 is 13.2. The maximum Gasteiger partial charge on any atom is 0.258 e. The van der Waals surface area contributed by atoms with Crippen LogP contribution in [0.15, 0.2) is 69.6 Å². The summed E-state index contributed by atoms with van der Waals surface area (Å²) < 4.78 is 7.64. The van der Waals surface area contributed by atoms with Crippen molar-refractivity contribution in [3.05, 3.63) is 91.3 Å². The lowest BCUT2D eigenvalue weighted by molar-refractivity contribution is -0.113. The van der Waals surface area contributed by atoms with E-state index in [1.54, 1.807) is 0 Å². The molecule has 0 aliphatic carbocycles. The SMILES string of the molecule is CCCN1C(=O)/C(=C\c2cc(Br)c(OCc3ccc(Cl)cc3)c(Br)c2)c2ccccc21. The number of carbonyl (C=O) groups excluding carboxylic acids is 1. The molecule has 0 atom stereocenters. The highest BCUT2D eigenvalue weighted by molar-refractivity contribution is 9.11. The summed E-state index contributed by atoms with van der Waals surface area (Å²) in [6.45, 7) is 3.21. The fraction of sp³-hybridized carbons (Fsp3) is 0.160. The van der Waals surface area contributed by atoms with Gasteiger partial charge in [0, 0.05) is 22.7 Å². The Bertz CT molecular complexity index is 1140. The van der Waals surface area contributed by atoms with Crippen molar-refractivity contribution in [1.29, 1.82) is 0 Å². The van der Waals surface area contributed by atoms with Crippen molar-refractivity contribution in [3.63, 3.8) is 0 Å². The van der Waals surface area contributed by atoms with Crippen molar-refractivity contribution in [2.45, 2.75) is 20.0 Å². The minimum Gasteiger partial charge on any atom is -0.487 e. The third kappa shape index (κ3) is 4.74. The van der Waals surface area contributed by atoms with E-state index >= 15 is 0 Å². The zero-order chi connectivity index (χ0) is 22.0. The average molecular weight is 562 g/mol. The zero-order valence-electron chi connectivity index (χ0n) is 16.9. The Hall–Kier alpha value is -2.08. The first-order chi connectivity index (χ1) is 15.0. The summed E-state index contributed by atoms with van der Waals surface area (Å²) in [7, 11) is 0. The van der Waals surface area contributed by atoms with Gasteiger partial charge in [0.05, 0.1) is 14.6 Å². The molecule has 158 valence electrons. The number of halogens is 3. The van der Waals surface area contributed by atoms with E-state index in [0.717, 1.165) is 37.7 Å². The van der Waals surface area contributed by atoms with Crippen LogP contribution in [0.1, 0.15) is 30.0 Å². The number of anilines is 1. The van der Waals surface area contributed by atoms with Crippen LogP contribution in [-0.2, 0) is 11.4 Å². The minimum atomic E-state index is 0.0401. The summed E-state index contributed by atoms with van der Waals surface area (Å²) in [4.78, 5) is 14.9. The molecule has 1 aliphatic rings. The maximum atomic E-state index is 13.1. The number of benzene rings is 3. The van der Waals surface area contributed by atoms with E-state index in [1.165, 1.54) is 0 Å². The lowest BCUT2D eigenvalue weighted by Crippen LogP contribution is -2.26. The van der Waals surface area contributed by atoms with Crippen LogP contribution in [0.5, 0.6) is 5.75 Å². The Morgan fingerprint density at radius 3 is 2.39 bits per heavy atom. The topological polar surface area (TPSA) is 29.5 Å². The molecule has 0 unspecified atom stereocenters. The number of nitrogens with zero attached hydrogens (tertiary/aromatic N) is 1. The first-order valence-electron chi connectivity index (χ1n) is 9.97. The molecule has 1 aliphatic heterocycles. The van der Waals surface area contributed by atoms with E-state index in [4.69, 9.17) is 16.3 Å². The van der Waals surface area contributed by atoms with Gasteiger partial charge in [0.15, 0.2) is 0 Å². The lowest BCUT2D eigenvalue weighted by atomic mass is 10.0. The Kier molecular flexibility index (Phi) is 6.85. The van der Waals surface area contributed by atoms with E-state index in [1.807, 2.05) is 71.6 Å². The van der Waals surface area contributed by atoms with Crippen molar-refractivity contribution in [3.8, 4) is 5.75 Å². The smallest absolute Gasteiger partial charge is 0.258 e. The van der Waals surface area contributed by atoms with Crippen LogP contribution in [0.2, 0.25) is 5.02 Å². The average Bonchev–Trinajstić information content (AvgIpc) is 3.01. The predicted molar refractivity (Wildman–Crippen MR) is 135 cm³/mol. The molecule has 3 aromatic rings. The molecule has 1 amide bonds. The third-order valence-corrected chi connectivity index (χ3v) is 6.47. The Balaban J connectivity index is 1.61. The fourth-order valence-corrected chi connectivity index (χ4v) is 5.17. The first-order valence-corrected chi connectivity index (χ1v) is 11.9. The molecule has 3 nitrogen and oxygen atoms in total. The normalized spacial score (nSPS) is 14.3. The van der Waals surface area contributed by atoms with Gasteiger partial charge in [0.25, 0.3) is 5.91 Å². The van der Waals surface area contributed by atoms with Crippen molar-refractivity contribution in [1.82, 2.24) is 0 Å². The highest BCUT2D eigenvalue weighted by Crippen LogP contribution is 2.40. The summed E-state index contributed by atoms with van der Waals surface area (Å²) in [6, 6.07) is 19.4. The number of ether oxygens (including phenoxy) is 1. The van der Waals surface area contributed by atoms with Gasteiger partial charge in [-0.3, -0.25) is 4.79 Å². The quantitative estimate of drug-likeness (QED) is 0.288. The van der Waals surface area contributed by atoms with Crippen molar-refractivity contribution < 1.29 is 9.53 Å².